The molecule has 0 aliphatic carbocycles. The van der Waals surface area contributed by atoms with Crippen molar-refractivity contribution < 1.29 is 4.79 Å². The summed E-state index contributed by atoms with van der Waals surface area (Å²) in [6.07, 6.45) is 6.26. The minimum atomic E-state index is 0.00231. The SMILES string of the molecule is C=CCC(CC=C)C(=O)C=C. The molecule has 0 fully saturated rings. The molecule has 11 heavy (non-hydrogen) atoms. The van der Waals surface area contributed by atoms with Crippen LogP contribution in [-0.2, 0) is 4.79 Å². The van der Waals surface area contributed by atoms with Crippen molar-refractivity contribution in [2.45, 2.75) is 12.8 Å². The molecule has 0 saturated carbocycles. The van der Waals surface area contributed by atoms with E-state index in [4.69, 9.17) is 0 Å². The molecule has 0 heterocycles. The maximum absolute atomic E-state index is 11.1. The Balaban J connectivity index is 4.06. The molecule has 1 heteroatoms. The third-order valence-corrected chi connectivity index (χ3v) is 1.51. The highest BCUT2D eigenvalue weighted by Gasteiger charge is 2.10. The first-order valence-corrected chi connectivity index (χ1v) is 3.64. The highest BCUT2D eigenvalue weighted by atomic mass is 16.1. The number of carbonyl (C=O) groups is 1. The van der Waals surface area contributed by atoms with Gasteiger partial charge in [0.15, 0.2) is 5.78 Å². The molecular weight excluding hydrogens is 136 g/mol. The molecule has 0 bridgehead atoms. The van der Waals surface area contributed by atoms with Crippen LogP contribution in [0.5, 0.6) is 0 Å². The molecule has 0 spiro atoms. The second-order valence-electron chi connectivity index (χ2n) is 2.35. The lowest BCUT2D eigenvalue weighted by Gasteiger charge is -2.06. The molecule has 0 aromatic rings. The van der Waals surface area contributed by atoms with E-state index in [9.17, 15) is 4.79 Å². The molecule has 0 unspecified atom stereocenters. The Morgan fingerprint density at radius 3 is 1.91 bits per heavy atom. The number of allylic oxidation sites excluding steroid dienone is 3. The van der Waals surface area contributed by atoms with Gasteiger partial charge < -0.3 is 0 Å². The summed E-state index contributed by atoms with van der Waals surface area (Å²) in [4.78, 5) is 11.1. The molecule has 0 saturated heterocycles. The summed E-state index contributed by atoms with van der Waals surface area (Å²) in [5, 5.41) is 0. The van der Waals surface area contributed by atoms with Crippen molar-refractivity contribution in [3.63, 3.8) is 0 Å². The van der Waals surface area contributed by atoms with Crippen LogP contribution in [0.25, 0.3) is 0 Å². The van der Waals surface area contributed by atoms with Crippen LogP contribution in [0.2, 0.25) is 0 Å². The Bertz CT molecular complexity index is 158. The maximum Gasteiger partial charge on any atom is 0.158 e. The van der Waals surface area contributed by atoms with Gasteiger partial charge in [-0.2, -0.15) is 0 Å². The van der Waals surface area contributed by atoms with E-state index in [-0.39, 0.29) is 11.7 Å². The molecule has 0 atom stereocenters. The minimum absolute atomic E-state index is 0.00231. The largest absolute Gasteiger partial charge is 0.295 e. The van der Waals surface area contributed by atoms with Crippen molar-refractivity contribution in [2.24, 2.45) is 5.92 Å². The Morgan fingerprint density at radius 2 is 1.64 bits per heavy atom. The van der Waals surface area contributed by atoms with E-state index in [1.165, 1.54) is 6.08 Å². The van der Waals surface area contributed by atoms with Gasteiger partial charge in [0, 0.05) is 5.92 Å². The van der Waals surface area contributed by atoms with Crippen LogP contribution in [0.15, 0.2) is 38.0 Å². The van der Waals surface area contributed by atoms with Crippen LogP contribution in [0.1, 0.15) is 12.8 Å². The molecule has 0 N–H and O–H groups in total. The first-order chi connectivity index (χ1) is 5.26. The summed E-state index contributed by atoms with van der Waals surface area (Å²) < 4.78 is 0. The minimum Gasteiger partial charge on any atom is -0.295 e. The number of hydrogen-bond donors (Lipinski definition) is 0. The Morgan fingerprint density at radius 1 is 1.18 bits per heavy atom. The fourth-order valence-corrected chi connectivity index (χ4v) is 0.898. The van der Waals surface area contributed by atoms with E-state index in [0.29, 0.717) is 12.8 Å². The molecule has 0 radical (unpaired) electrons. The zero-order valence-corrected chi connectivity index (χ0v) is 6.75. The molecule has 60 valence electrons. The van der Waals surface area contributed by atoms with Gasteiger partial charge in [-0.25, -0.2) is 0 Å². The Kier molecular flexibility index (Phi) is 5.09. The monoisotopic (exact) mass is 150 g/mol. The van der Waals surface area contributed by atoms with Crippen LogP contribution in [0.3, 0.4) is 0 Å². The second-order valence-corrected chi connectivity index (χ2v) is 2.35. The highest BCUT2D eigenvalue weighted by molar-refractivity contribution is 5.91. The summed E-state index contributed by atoms with van der Waals surface area (Å²) in [6, 6.07) is 0. The van der Waals surface area contributed by atoms with Crippen LogP contribution >= 0.6 is 0 Å². The fraction of sp³-hybridized carbons (Fsp3) is 0.300. The van der Waals surface area contributed by atoms with E-state index in [2.05, 4.69) is 19.7 Å². The molecule has 0 rings (SSSR count). The third-order valence-electron chi connectivity index (χ3n) is 1.51. The maximum atomic E-state index is 11.1. The van der Waals surface area contributed by atoms with E-state index < -0.39 is 0 Å². The summed E-state index contributed by atoms with van der Waals surface area (Å²) in [6.45, 7) is 10.6. The van der Waals surface area contributed by atoms with E-state index in [1.807, 2.05) is 0 Å². The predicted octanol–water partition coefficient (Wildman–Crippen LogP) is 2.51. The van der Waals surface area contributed by atoms with Crippen molar-refractivity contribution in [1.29, 1.82) is 0 Å². The molecule has 0 aromatic heterocycles. The third kappa shape index (κ3) is 3.56. The lowest BCUT2D eigenvalue weighted by atomic mass is 9.96. The number of ketones is 1. The van der Waals surface area contributed by atoms with E-state index >= 15 is 0 Å². The highest BCUT2D eigenvalue weighted by Crippen LogP contribution is 2.11. The molecule has 0 amide bonds. The van der Waals surface area contributed by atoms with Crippen molar-refractivity contribution in [3.8, 4) is 0 Å². The van der Waals surface area contributed by atoms with Gasteiger partial charge >= 0.3 is 0 Å². The van der Waals surface area contributed by atoms with Gasteiger partial charge in [-0.15, -0.1) is 13.2 Å². The lowest BCUT2D eigenvalue weighted by molar-refractivity contribution is -0.118. The van der Waals surface area contributed by atoms with E-state index in [1.54, 1.807) is 12.2 Å². The summed E-state index contributed by atoms with van der Waals surface area (Å²) in [5.74, 6) is 0.0762. The molecular formula is C10H14O. The molecule has 1 nitrogen and oxygen atoms in total. The number of hydrogen-bond acceptors (Lipinski definition) is 1. The van der Waals surface area contributed by atoms with Crippen molar-refractivity contribution in [1.82, 2.24) is 0 Å². The number of rotatable bonds is 6. The van der Waals surface area contributed by atoms with Gasteiger partial charge in [-0.05, 0) is 18.9 Å². The average Bonchev–Trinajstić information content (AvgIpc) is 2.03. The Hall–Kier alpha value is -1.11. The van der Waals surface area contributed by atoms with Gasteiger partial charge in [0.1, 0.15) is 0 Å². The van der Waals surface area contributed by atoms with E-state index in [0.717, 1.165) is 0 Å². The molecule has 0 aliphatic heterocycles. The second kappa shape index (κ2) is 5.66. The Labute approximate surface area is 68.1 Å². The predicted molar refractivity (Wildman–Crippen MR) is 48.3 cm³/mol. The van der Waals surface area contributed by atoms with Crippen LogP contribution in [0.4, 0.5) is 0 Å². The smallest absolute Gasteiger partial charge is 0.158 e. The standard InChI is InChI=1S/C10H14O/c1-4-7-9(8-5-2)10(11)6-3/h4-6,9H,1-3,7-8H2. The van der Waals surface area contributed by atoms with Crippen molar-refractivity contribution >= 4 is 5.78 Å². The number of carbonyl (C=O) groups excluding carboxylic acids is 1. The summed E-state index contributed by atoms with van der Waals surface area (Å²) in [5.41, 5.74) is 0. The first-order valence-electron chi connectivity index (χ1n) is 3.64. The van der Waals surface area contributed by atoms with Crippen LogP contribution < -0.4 is 0 Å². The zero-order chi connectivity index (χ0) is 8.69. The molecule has 0 aliphatic rings. The van der Waals surface area contributed by atoms with Gasteiger partial charge in [0.25, 0.3) is 0 Å². The van der Waals surface area contributed by atoms with Crippen LogP contribution in [-0.4, -0.2) is 5.78 Å². The zero-order valence-electron chi connectivity index (χ0n) is 6.75. The quantitative estimate of drug-likeness (QED) is 0.420. The lowest BCUT2D eigenvalue weighted by Crippen LogP contribution is -2.09. The summed E-state index contributed by atoms with van der Waals surface area (Å²) in [7, 11) is 0. The first kappa shape index (κ1) is 9.89. The van der Waals surface area contributed by atoms with Gasteiger partial charge in [-0.3, -0.25) is 4.79 Å². The van der Waals surface area contributed by atoms with Crippen molar-refractivity contribution in [2.75, 3.05) is 0 Å². The topological polar surface area (TPSA) is 17.1 Å². The average molecular weight is 150 g/mol. The van der Waals surface area contributed by atoms with Gasteiger partial charge in [0.05, 0.1) is 0 Å². The van der Waals surface area contributed by atoms with Gasteiger partial charge in [0.2, 0.25) is 0 Å². The molecule has 0 aromatic carbocycles. The fourth-order valence-electron chi connectivity index (χ4n) is 0.898. The van der Waals surface area contributed by atoms with Crippen LogP contribution in [0, 0.1) is 5.92 Å². The normalized spacial score (nSPS) is 9.18. The van der Waals surface area contributed by atoms with Gasteiger partial charge in [-0.1, -0.05) is 18.7 Å². The van der Waals surface area contributed by atoms with Crippen molar-refractivity contribution in [3.05, 3.63) is 38.0 Å². The summed E-state index contributed by atoms with van der Waals surface area (Å²) >= 11 is 0.